The smallest absolute Gasteiger partial charge is 0.241 e. The van der Waals surface area contributed by atoms with Crippen molar-refractivity contribution in [3.05, 3.63) is 18.2 Å². The highest BCUT2D eigenvalue weighted by molar-refractivity contribution is 5.94. The molecule has 0 bridgehead atoms. The molecule has 0 saturated carbocycles. The van der Waals surface area contributed by atoms with Crippen LogP contribution in [0.2, 0.25) is 0 Å². The second-order valence-electron chi connectivity index (χ2n) is 4.24. The van der Waals surface area contributed by atoms with Crippen LogP contribution in [0.15, 0.2) is 18.2 Å². The fourth-order valence-electron chi connectivity index (χ4n) is 1.80. The van der Waals surface area contributed by atoms with Gasteiger partial charge in [-0.05, 0) is 18.6 Å². The average molecular weight is 250 g/mol. The van der Waals surface area contributed by atoms with Crippen LogP contribution in [0, 0.1) is 0 Å². The molecule has 98 valence electrons. The lowest BCUT2D eigenvalue weighted by Crippen LogP contribution is -2.35. The molecule has 2 rings (SSSR count). The molecule has 0 aliphatic carbocycles. The molecule has 18 heavy (non-hydrogen) atoms. The molecule has 1 atom stereocenters. The third kappa shape index (κ3) is 2.92. The Morgan fingerprint density at radius 2 is 2.11 bits per heavy atom. The quantitative estimate of drug-likeness (QED) is 0.849. The number of anilines is 1. The standard InChI is InChI=1S/C13H18N2O3/c1-2-3-10(14)13(16)15-9-4-5-11-12(8-9)18-7-6-17-11/h4-5,8,10H,2-3,6-7,14H2,1H3,(H,15,16)/t10-/m1/s1. The number of benzene rings is 1. The predicted octanol–water partition coefficient (Wildman–Crippen LogP) is 1.52. The van der Waals surface area contributed by atoms with Gasteiger partial charge in [0.2, 0.25) is 5.91 Å². The van der Waals surface area contributed by atoms with Crippen LogP contribution in [-0.4, -0.2) is 25.2 Å². The number of hydrogen-bond donors (Lipinski definition) is 2. The minimum absolute atomic E-state index is 0.173. The minimum Gasteiger partial charge on any atom is -0.486 e. The summed E-state index contributed by atoms with van der Waals surface area (Å²) < 4.78 is 10.9. The lowest BCUT2D eigenvalue weighted by molar-refractivity contribution is -0.117. The summed E-state index contributed by atoms with van der Waals surface area (Å²) in [6.45, 7) is 3.08. The van der Waals surface area contributed by atoms with Crippen molar-refractivity contribution in [3.8, 4) is 11.5 Å². The maximum Gasteiger partial charge on any atom is 0.241 e. The molecule has 3 N–H and O–H groups in total. The Balaban J connectivity index is 2.03. The Hall–Kier alpha value is -1.75. The van der Waals surface area contributed by atoms with Crippen molar-refractivity contribution >= 4 is 11.6 Å². The summed E-state index contributed by atoms with van der Waals surface area (Å²) in [5.74, 6) is 1.19. The fourth-order valence-corrected chi connectivity index (χ4v) is 1.80. The van der Waals surface area contributed by atoms with Gasteiger partial charge in [0.1, 0.15) is 13.2 Å². The van der Waals surface area contributed by atoms with Crippen molar-refractivity contribution in [1.82, 2.24) is 0 Å². The number of rotatable bonds is 4. The van der Waals surface area contributed by atoms with Crippen LogP contribution in [0.3, 0.4) is 0 Å². The number of nitrogens with one attached hydrogen (secondary N) is 1. The van der Waals surface area contributed by atoms with Gasteiger partial charge in [-0.2, -0.15) is 0 Å². The van der Waals surface area contributed by atoms with Crippen molar-refractivity contribution in [3.63, 3.8) is 0 Å². The third-order valence-corrected chi connectivity index (χ3v) is 2.75. The van der Waals surface area contributed by atoms with Crippen LogP contribution in [-0.2, 0) is 4.79 Å². The van der Waals surface area contributed by atoms with Crippen molar-refractivity contribution < 1.29 is 14.3 Å². The van der Waals surface area contributed by atoms with Crippen LogP contribution in [0.25, 0.3) is 0 Å². The maximum atomic E-state index is 11.8. The van der Waals surface area contributed by atoms with E-state index in [0.717, 1.165) is 6.42 Å². The van der Waals surface area contributed by atoms with Crippen molar-refractivity contribution in [2.24, 2.45) is 5.73 Å². The Kier molecular flexibility index (Phi) is 4.04. The van der Waals surface area contributed by atoms with Gasteiger partial charge in [-0.1, -0.05) is 13.3 Å². The second kappa shape index (κ2) is 5.73. The molecule has 0 saturated heterocycles. The number of nitrogens with two attached hydrogens (primary N) is 1. The van der Waals surface area contributed by atoms with Gasteiger partial charge < -0.3 is 20.5 Å². The molecule has 1 aliphatic heterocycles. The minimum atomic E-state index is -0.469. The monoisotopic (exact) mass is 250 g/mol. The van der Waals surface area contributed by atoms with Gasteiger partial charge in [0, 0.05) is 11.8 Å². The van der Waals surface area contributed by atoms with Crippen LogP contribution < -0.4 is 20.5 Å². The molecule has 0 radical (unpaired) electrons. The lowest BCUT2D eigenvalue weighted by atomic mass is 10.1. The summed E-state index contributed by atoms with van der Waals surface area (Å²) in [4.78, 5) is 11.8. The normalized spacial score (nSPS) is 15.0. The second-order valence-corrected chi connectivity index (χ2v) is 4.24. The van der Waals surface area contributed by atoms with E-state index in [1.807, 2.05) is 6.92 Å². The van der Waals surface area contributed by atoms with Crippen molar-refractivity contribution in [2.75, 3.05) is 18.5 Å². The molecule has 0 spiro atoms. The summed E-state index contributed by atoms with van der Waals surface area (Å²) in [6, 6.07) is 4.85. The van der Waals surface area contributed by atoms with Gasteiger partial charge in [-0.3, -0.25) is 4.79 Å². The molecule has 1 heterocycles. The first-order valence-corrected chi connectivity index (χ1v) is 6.17. The van der Waals surface area contributed by atoms with Gasteiger partial charge in [-0.25, -0.2) is 0 Å². The summed E-state index contributed by atoms with van der Waals surface area (Å²) in [5.41, 5.74) is 6.42. The van der Waals surface area contributed by atoms with Gasteiger partial charge in [-0.15, -0.1) is 0 Å². The Bertz CT molecular complexity index is 434. The molecular weight excluding hydrogens is 232 g/mol. The van der Waals surface area contributed by atoms with E-state index in [-0.39, 0.29) is 5.91 Å². The highest BCUT2D eigenvalue weighted by Crippen LogP contribution is 2.32. The van der Waals surface area contributed by atoms with Crippen LogP contribution >= 0.6 is 0 Å². The van der Waals surface area contributed by atoms with Crippen molar-refractivity contribution in [2.45, 2.75) is 25.8 Å². The largest absolute Gasteiger partial charge is 0.486 e. The summed E-state index contributed by atoms with van der Waals surface area (Å²) in [7, 11) is 0. The maximum absolute atomic E-state index is 11.8. The zero-order valence-corrected chi connectivity index (χ0v) is 10.4. The third-order valence-electron chi connectivity index (χ3n) is 2.75. The Morgan fingerprint density at radius 3 is 2.83 bits per heavy atom. The first-order chi connectivity index (χ1) is 8.70. The molecular formula is C13H18N2O3. The Labute approximate surface area is 106 Å². The SMILES string of the molecule is CCC[C@@H](N)C(=O)Nc1ccc2c(c1)OCCO2. The number of amides is 1. The van der Waals surface area contributed by atoms with Crippen molar-refractivity contribution in [1.29, 1.82) is 0 Å². The van der Waals surface area contributed by atoms with Gasteiger partial charge in [0.15, 0.2) is 11.5 Å². The first kappa shape index (κ1) is 12.7. The van der Waals surface area contributed by atoms with E-state index in [1.54, 1.807) is 18.2 Å². The van der Waals surface area contributed by atoms with E-state index < -0.39 is 6.04 Å². The van der Waals surface area contributed by atoms with Crippen LogP contribution in [0.4, 0.5) is 5.69 Å². The Morgan fingerprint density at radius 1 is 1.39 bits per heavy atom. The fraction of sp³-hybridized carbons (Fsp3) is 0.462. The molecule has 0 fully saturated rings. The van der Waals surface area contributed by atoms with E-state index in [2.05, 4.69) is 5.32 Å². The number of carbonyl (C=O) groups excluding carboxylic acids is 1. The van der Waals surface area contributed by atoms with E-state index in [0.29, 0.717) is 36.8 Å². The number of fused-ring (bicyclic) bond motifs is 1. The number of hydrogen-bond acceptors (Lipinski definition) is 4. The highest BCUT2D eigenvalue weighted by atomic mass is 16.6. The van der Waals surface area contributed by atoms with E-state index in [9.17, 15) is 4.79 Å². The number of carbonyl (C=O) groups is 1. The van der Waals surface area contributed by atoms with E-state index >= 15 is 0 Å². The van der Waals surface area contributed by atoms with Gasteiger partial charge in [0.25, 0.3) is 0 Å². The number of ether oxygens (including phenoxy) is 2. The molecule has 0 unspecified atom stereocenters. The zero-order valence-electron chi connectivity index (χ0n) is 10.4. The topological polar surface area (TPSA) is 73.6 Å². The molecule has 1 aliphatic rings. The van der Waals surface area contributed by atoms with Crippen LogP contribution in [0.5, 0.6) is 11.5 Å². The summed E-state index contributed by atoms with van der Waals surface area (Å²) >= 11 is 0. The molecule has 0 aromatic heterocycles. The highest BCUT2D eigenvalue weighted by Gasteiger charge is 2.15. The van der Waals surface area contributed by atoms with E-state index in [4.69, 9.17) is 15.2 Å². The first-order valence-electron chi connectivity index (χ1n) is 6.17. The summed E-state index contributed by atoms with van der Waals surface area (Å²) in [5, 5.41) is 2.78. The van der Waals surface area contributed by atoms with Gasteiger partial charge >= 0.3 is 0 Å². The zero-order chi connectivity index (χ0) is 13.0. The molecule has 1 aromatic rings. The average Bonchev–Trinajstić information content (AvgIpc) is 2.39. The van der Waals surface area contributed by atoms with Crippen LogP contribution in [0.1, 0.15) is 19.8 Å². The predicted molar refractivity (Wildman–Crippen MR) is 68.9 cm³/mol. The molecule has 5 heteroatoms. The summed E-state index contributed by atoms with van der Waals surface area (Å²) in [6.07, 6.45) is 1.56. The van der Waals surface area contributed by atoms with Gasteiger partial charge in [0.05, 0.1) is 6.04 Å². The lowest BCUT2D eigenvalue weighted by Gasteiger charge is -2.19. The van der Waals surface area contributed by atoms with E-state index in [1.165, 1.54) is 0 Å². The molecule has 1 aromatic carbocycles. The molecule has 1 amide bonds. The molecule has 5 nitrogen and oxygen atoms in total.